The van der Waals surface area contributed by atoms with Gasteiger partial charge in [-0.25, -0.2) is 4.98 Å². The van der Waals surface area contributed by atoms with Gasteiger partial charge in [0.25, 0.3) is 0 Å². The molecule has 0 unspecified atom stereocenters. The number of hydrogen-bond acceptors (Lipinski definition) is 3. The number of aromatic nitrogens is 1. The fraction of sp³-hybridized carbons (Fsp3) is 0.200. The normalized spacial score (nSPS) is 12.1. The Hall–Kier alpha value is -2.89. The number of nitrogens with zero attached hydrogens (tertiary/aromatic N) is 2. The first-order chi connectivity index (χ1) is 12.2. The molecule has 0 spiro atoms. The molecule has 0 saturated heterocycles. The number of rotatable bonds is 3. The number of nitrogens with one attached hydrogen (secondary N) is 1. The lowest BCUT2D eigenvalue weighted by Gasteiger charge is -2.09. The van der Waals surface area contributed by atoms with Crippen LogP contribution in [0, 0.1) is 20.8 Å². The highest BCUT2D eigenvalue weighted by Crippen LogP contribution is 2.29. The molecule has 1 heterocycles. The highest BCUT2D eigenvalue weighted by atomic mass is 19.4. The molecular weight excluding hydrogens is 339 g/mol. The molecule has 0 atom stereocenters. The first-order valence-corrected chi connectivity index (χ1v) is 8.09. The van der Waals surface area contributed by atoms with Crippen LogP contribution in [0.3, 0.4) is 0 Å². The number of alkyl halides is 3. The number of hydrogen-bond donors (Lipinski definition) is 1. The molecule has 0 radical (unpaired) electrons. The van der Waals surface area contributed by atoms with E-state index in [-0.39, 0.29) is 0 Å². The van der Waals surface area contributed by atoms with Crippen LogP contribution in [0.5, 0.6) is 0 Å². The highest BCUT2D eigenvalue weighted by molar-refractivity contribution is 5.87. The molecule has 1 aromatic heterocycles. The van der Waals surface area contributed by atoms with E-state index >= 15 is 0 Å². The molecule has 0 fully saturated rings. The third kappa shape index (κ3) is 3.85. The van der Waals surface area contributed by atoms with Gasteiger partial charge in [-0.2, -0.15) is 18.3 Å². The standard InChI is InChI=1S/C20H18F3N3/c1-12-8-14(3)19-17(9-12)13(2)10-18(25-19)26-24-11-15-4-6-16(7-5-15)20(21,22)23/h4-11H,1-3H3,(H,25,26). The van der Waals surface area contributed by atoms with Crippen LogP contribution in [0.2, 0.25) is 0 Å². The summed E-state index contributed by atoms with van der Waals surface area (Å²) in [6, 6.07) is 10.9. The summed E-state index contributed by atoms with van der Waals surface area (Å²) < 4.78 is 37.7. The predicted octanol–water partition coefficient (Wildman–Crippen LogP) is 5.62. The van der Waals surface area contributed by atoms with Gasteiger partial charge >= 0.3 is 6.18 Å². The summed E-state index contributed by atoms with van der Waals surface area (Å²) in [6.45, 7) is 6.07. The van der Waals surface area contributed by atoms with Crippen molar-refractivity contribution in [3.05, 3.63) is 70.3 Å². The van der Waals surface area contributed by atoms with Crippen LogP contribution in [-0.4, -0.2) is 11.2 Å². The minimum Gasteiger partial charge on any atom is -0.261 e. The number of aryl methyl sites for hydroxylation is 3. The maximum Gasteiger partial charge on any atom is 0.416 e. The van der Waals surface area contributed by atoms with Crippen molar-refractivity contribution in [1.82, 2.24) is 4.98 Å². The van der Waals surface area contributed by atoms with E-state index in [4.69, 9.17) is 0 Å². The number of fused-ring (bicyclic) bond motifs is 1. The molecule has 0 aliphatic heterocycles. The molecule has 0 aliphatic rings. The van der Waals surface area contributed by atoms with Crippen LogP contribution >= 0.6 is 0 Å². The van der Waals surface area contributed by atoms with Gasteiger partial charge in [0.05, 0.1) is 17.3 Å². The first kappa shape index (κ1) is 17.9. The fourth-order valence-electron chi connectivity index (χ4n) is 2.83. The second-order valence-electron chi connectivity index (χ2n) is 6.29. The van der Waals surface area contributed by atoms with Gasteiger partial charge in [0.2, 0.25) is 0 Å². The summed E-state index contributed by atoms with van der Waals surface area (Å²) >= 11 is 0. The minimum atomic E-state index is -4.34. The molecule has 0 aliphatic carbocycles. The molecule has 3 rings (SSSR count). The van der Waals surface area contributed by atoms with Gasteiger partial charge in [-0.05, 0) is 61.7 Å². The number of hydrazone groups is 1. The van der Waals surface area contributed by atoms with Gasteiger partial charge in [-0.3, -0.25) is 5.43 Å². The van der Waals surface area contributed by atoms with Crippen LogP contribution in [0.25, 0.3) is 10.9 Å². The maximum absolute atomic E-state index is 12.6. The minimum absolute atomic E-state index is 0.565. The van der Waals surface area contributed by atoms with Gasteiger partial charge in [0.1, 0.15) is 5.82 Å². The molecule has 3 nitrogen and oxygen atoms in total. The van der Waals surface area contributed by atoms with Crippen LogP contribution in [0.4, 0.5) is 19.0 Å². The van der Waals surface area contributed by atoms with E-state index < -0.39 is 11.7 Å². The Morgan fingerprint density at radius 2 is 1.65 bits per heavy atom. The lowest BCUT2D eigenvalue weighted by molar-refractivity contribution is -0.137. The summed E-state index contributed by atoms with van der Waals surface area (Å²) in [5, 5.41) is 5.18. The topological polar surface area (TPSA) is 37.3 Å². The number of benzene rings is 2. The molecule has 134 valence electrons. The van der Waals surface area contributed by atoms with E-state index in [1.807, 2.05) is 26.8 Å². The van der Waals surface area contributed by atoms with E-state index in [0.717, 1.165) is 34.2 Å². The Balaban J connectivity index is 1.80. The lowest BCUT2D eigenvalue weighted by Crippen LogP contribution is -2.04. The van der Waals surface area contributed by atoms with Gasteiger partial charge in [-0.1, -0.05) is 23.8 Å². The monoisotopic (exact) mass is 357 g/mol. The average molecular weight is 357 g/mol. The van der Waals surface area contributed by atoms with Crippen molar-refractivity contribution in [1.29, 1.82) is 0 Å². The predicted molar refractivity (Wildman–Crippen MR) is 98.6 cm³/mol. The molecule has 2 aromatic carbocycles. The largest absolute Gasteiger partial charge is 0.416 e. The van der Waals surface area contributed by atoms with Crippen molar-refractivity contribution in [2.24, 2.45) is 5.10 Å². The van der Waals surface area contributed by atoms with Crippen molar-refractivity contribution in [3.8, 4) is 0 Å². The molecule has 6 heteroatoms. The van der Waals surface area contributed by atoms with E-state index in [9.17, 15) is 13.2 Å². The van der Waals surface area contributed by atoms with E-state index in [2.05, 4.69) is 27.6 Å². The summed E-state index contributed by atoms with van der Waals surface area (Å²) in [6.07, 6.45) is -2.87. The highest BCUT2D eigenvalue weighted by Gasteiger charge is 2.29. The SMILES string of the molecule is Cc1cc(C)c2nc(NN=Cc3ccc(C(F)(F)F)cc3)cc(C)c2c1. The van der Waals surface area contributed by atoms with E-state index in [1.54, 1.807) is 0 Å². The summed E-state index contributed by atoms with van der Waals surface area (Å²) in [5.41, 5.74) is 6.98. The van der Waals surface area contributed by atoms with Crippen molar-refractivity contribution < 1.29 is 13.2 Å². The molecular formula is C20H18F3N3. The third-order valence-corrected chi connectivity index (χ3v) is 4.09. The third-order valence-electron chi connectivity index (χ3n) is 4.09. The molecule has 0 bridgehead atoms. The Kier molecular flexibility index (Phi) is 4.68. The Morgan fingerprint density at radius 3 is 2.31 bits per heavy atom. The summed E-state index contributed by atoms with van der Waals surface area (Å²) in [4.78, 5) is 4.58. The zero-order chi connectivity index (χ0) is 18.9. The maximum atomic E-state index is 12.6. The molecule has 3 aromatic rings. The van der Waals surface area contributed by atoms with Gasteiger partial charge < -0.3 is 0 Å². The quantitative estimate of drug-likeness (QED) is 0.488. The molecule has 1 N–H and O–H groups in total. The zero-order valence-corrected chi connectivity index (χ0v) is 14.6. The number of pyridine rings is 1. The fourth-order valence-corrected chi connectivity index (χ4v) is 2.83. The Bertz CT molecular complexity index is 974. The van der Waals surface area contributed by atoms with Crippen LogP contribution < -0.4 is 5.43 Å². The lowest BCUT2D eigenvalue weighted by atomic mass is 10.0. The van der Waals surface area contributed by atoms with E-state index in [1.165, 1.54) is 23.9 Å². The van der Waals surface area contributed by atoms with Crippen molar-refractivity contribution in [2.45, 2.75) is 26.9 Å². The van der Waals surface area contributed by atoms with Crippen LogP contribution in [-0.2, 0) is 6.18 Å². The average Bonchev–Trinajstić information content (AvgIpc) is 2.56. The van der Waals surface area contributed by atoms with Crippen LogP contribution in [0.1, 0.15) is 27.8 Å². The Labute approximate surface area is 149 Å². The van der Waals surface area contributed by atoms with Gasteiger partial charge in [0, 0.05) is 5.39 Å². The number of halogens is 3. The van der Waals surface area contributed by atoms with E-state index in [0.29, 0.717) is 11.4 Å². The summed E-state index contributed by atoms with van der Waals surface area (Å²) in [7, 11) is 0. The van der Waals surface area contributed by atoms with Crippen molar-refractivity contribution in [2.75, 3.05) is 5.43 Å². The van der Waals surface area contributed by atoms with Gasteiger partial charge in [-0.15, -0.1) is 0 Å². The van der Waals surface area contributed by atoms with Crippen LogP contribution in [0.15, 0.2) is 47.6 Å². The number of anilines is 1. The smallest absolute Gasteiger partial charge is 0.261 e. The summed E-state index contributed by atoms with van der Waals surface area (Å²) in [5.74, 6) is 0.588. The molecule has 26 heavy (non-hydrogen) atoms. The molecule has 0 amide bonds. The van der Waals surface area contributed by atoms with Crippen molar-refractivity contribution >= 4 is 22.9 Å². The second-order valence-corrected chi connectivity index (χ2v) is 6.29. The van der Waals surface area contributed by atoms with Gasteiger partial charge in [0.15, 0.2) is 0 Å². The zero-order valence-electron chi connectivity index (χ0n) is 14.6. The Morgan fingerprint density at radius 1 is 0.962 bits per heavy atom. The van der Waals surface area contributed by atoms with Crippen molar-refractivity contribution in [3.63, 3.8) is 0 Å². The molecule has 0 saturated carbocycles. The first-order valence-electron chi connectivity index (χ1n) is 8.09. The second kappa shape index (κ2) is 6.78.